The zero-order valence-corrected chi connectivity index (χ0v) is 19.3. The first-order valence-electron chi connectivity index (χ1n) is 11.0. The van der Waals surface area contributed by atoms with E-state index in [0.29, 0.717) is 30.4 Å². The van der Waals surface area contributed by atoms with Gasteiger partial charge in [0.25, 0.3) is 11.8 Å². The number of likely N-dealkylation sites (tertiary alicyclic amines) is 1. The van der Waals surface area contributed by atoms with Crippen LogP contribution in [-0.2, 0) is 6.42 Å². The van der Waals surface area contributed by atoms with Gasteiger partial charge in [0.15, 0.2) is 0 Å². The minimum absolute atomic E-state index is 0.00493. The van der Waals surface area contributed by atoms with Crippen molar-refractivity contribution in [1.29, 1.82) is 0 Å². The van der Waals surface area contributed by atoms with Gasteiger partial charge in [-0.1, -0.05) is 36.4 Å². The Morgan fingerprint density at radius 1 is 1.09 bits per heavy atom. The highest BCUT2D eigenvalue weighted by Gasteiger charge is 2.33. The molecule has 6 nitrogen and oxygen atoms in total. The molecule has 0 bridgehead atoms. The molecule has 1 fully saturated rings. The Labute approximate surface area is 192 Å². The minimum Gasteiger partial charge on any atom is -0.337 e. The van der Waals surface area contributed by atoms with E-state index in [4.69, 9.17) is 0 Å². The molecule has 2 amide bonds. The molecular formula is C25H28N4O2S. The zero-order valence-electron chi connectivity index (χ0n) is 18.5. The van der Waals surface area contributed by atoms with Crippen molar-refractivity contribution in [3.05, 3.63) is 82.1 Å². The fraction of sp³-hybridized carbons (Fsp3) is 0.360. The predicted octanol–water partition coefficient (Wildman–Crippen LogP) is 4.08. The average molecular weight is 449 g/mol. The minimum atomic E-state index is -0.0667. The van der Waals surface area contributed by atoms with E-state index in [-0.39, 0.29) is 17.9 Å². The van der Waals surface area contributed by atoms with E-state index in [1.165, 1.54) is 16.9 Å². The van der Waals surface area contributed by atoms with Crippen LogP contribution < -0.4 is 0 Å². The monoisotopic (exact) mass is 448 g/mol. The maximum absolute atomic E-state index is 13.2. The second-order valence-electron chi connectivity index (χ2n) is 8.27. The van der Waals surface area contributed by atoms with Crippen LogP contribution in [0.15, 0.2) is 60.1 Å². The first-order chi connectivity index (χ1) is 15.5. The summed E-state index contributed by atoms with van der Waals surface area (Å²) in [5.41, 5.74) is 2.20. The van der Waals surface area contributed by atoms with E-state index < -0.39 is 0 Å². The van der Waals surface area contributed by atoms with Crippen molar-refractivity contribution in [2.45, 2.75) is 32.2 Å². The predicted molar refractivity (Wildman–Crippen MR) is 126 cm³/mol. The molecule has 0 N–H and O–H groups in total. The van der Waals surface area contributed by atoms with Crippen molar-refractivity contribution in [1.82, 2.24) is 19.8 Å². The molecular weight excluding hydrogens is 420 g/mol. The van der Waals surface area contributed by atoms with Gasteiger partial charge in [-0.2, -0.15) is 0 Å². The van der Waals surface area contributed by atoms with E-state index >= 15 is 0 Å². The van der Waals surface area contributed by atoms with Crippen molar-refractivity contribution in [3.8, 4) is 0 Å². The molecule has 0 saturated carbocycles. The highest BCUT2D eigenvalue weighted by molar-refractivity contribution is 7.09. The first kappa shape index (κ1) is 22.1. The number of benzene rings is 1. The Kier molecular flexibility index (Phi) is 6.95. The molecule has 0 radical (unpaired) electrons. The molecule has 166 valence electrons. The zero-order chi connectivity index (χ0) is 22.5. The SMILES string of the molecule is Cc1nc(C(=O)N2CCC(C(Cc3ccccc3)N(C)C(=O)c3ccccn3)CC2)cs1. The van der Waals surface area contributed by atoms with Crippen LogP contribution in [0.1, 0.15) is 44.4 Å². The van der Waals surface area contributed by atoms with Gasteiger partial charge in [0, 0.05) is 37.8 Å². The number of pyridine rings is 1. The molecule has 2 aromatic heterocycles. The highest BCUT2D eigenvalue weighted by Crippen LogP contribution is 2.28. The van der Waals surface area contributed by atoms with Crippen LogP contribution in [0.2, 0.25) is 0 Å². The maximum Gasteiger partial charge on any atom is 0.273 e. The molecule has 1 aromatic carbocycles. The summed E-state index contributed by atoms with van der Waals surface area (Å²) < 4.78 is 0. The van der Waals surface area contributed by atoms with Crippen LogP contribution in [-0.4, -0.2) is 57.8 Å². The second kappa shape index (κ2) is 10.0. The molecule has 1 saturated heterocycles. The molecule has 32 heavy (non-hydrogen) atoms. The third kappa shape index (κ3) is 5.05. The molecule has 0 aliphatic carbocycles. The molecule has 1 aliphatic heterocycles. The van der Waals surface area contributed by atoms with Gasteiger partial charge in [-0.15, -0.1) is 11.3 Å². The fourth-order valence-electron chi connectivity index (χ4n) is 4.41. The van der Waals surface area contributed by atoms with Crippen LogP contribution in [0.3, 0.4) is 0 Å². The third-order valence-electron chi connectivity index (χ3n) is 6.20. The Bertz CT molecular complexity index is 1050. The van der Waals surface area contributed by atoms with E-state index in [0.717, 1.165) is 24.3 Å². The quantitative estimate of drug-likeness (QED) is 0.570. The summed E-state index contributed by atoms with van der Waals surface area (Å²) >= 11 is 1.50. The smallest absolute Gasteiger partial charge is 0.273 e. The van der Waals surface area contributed by atoms with E-state index in [2.05, 4.69) is 22.1 Å². The van der Waals surface area contributed by atoms with E-state index in [1.807, 2.05) is 59.5 Å². The van der Waals surface area contributed by atoms with E-state index in [9.17, 15) is 9.59 Å². The third-order valence-corrected chi connectivity index (χ3v) is 6.97. The number of piperidine rings is 1. The van der Waals surface area contributed by atoms with Crippen LogP contribution in [0.25, 0.3) is 0 Å². The number of carbonyl (C=O) groups excluding carboxylic acids is 2. The number of nitrogens with zero attached hydrogens (tertiary/aromatic N) is 4. The standard InChI is InChI=1S/C25H28N4O2S/c1-18-27-22(17-32-18)25(31)29-14-11-20(12-15-29)23(16-19-8-4-3-5-9-19)28(2)24(30)21-10-6-7-13-26-21/h3-10,13,17,20,23H,11-12,14-16H2,1-2H3. The lowest BCUT2D eigenvalue weighted by Crippen LogP contribution is -2.48. The summed E-state index contributed by atoms with van der Waals surface area (Å²) in [5, 5.41) is 2.74. The van der Waals surface area contributed by atoms with Crippen molar-refractivity contribution in [3.63, 3.8) is 0 Å². The number of rotatable bonds is 6. The molecule has 7 heteroatoms. The fourth-order valence-corrected chi connectivity index (χ4v) is 4.99. The number of aromatic nitrogens is 2. The van der Waals surface area contributed by atoms with Crippen molar-refractivity contribution in [2.75, 3.05) is 20.1 Å². The van der Waals surface area contributed by atoms with Gasteiger partial charge < -0.3 is 9.80 Å². The number of carbonyl (C=O) groups is 2. The van der Waals surface area contributed by atoms with Gasteiger partial charge in [-0.3, -0.25) is 14.6 Å². The lowest BCUT2D eigenvalue weighted by molar-refractivity contribution is 0.0517. The number of thiazole rings is 1. The highest BCUT2D eigenvalue weighted by atomic mass is 32.1. The molecule has 3 aromatic rings. The van der Waals surface area contributed by atoms with Crippen LogP contribution in [0.5, 0.6) is 0 Å². The van der Waals surface area contributed by atoms with Crippen LogP contribution in [0, 0.1) is 12.8 Å². The van der Waals surface area contributed by atoms with Crippen LogP contribution >= 0.6 is 11.3 Å². The molecule has 3 heterocycles. The number of hydrogen-bond acceptors (Lipinski definition) is 5. The molecule has 1 atom stereocenters. The Morgan fingerprint density at radius 2 is 1.81 bits per heavy atom. The maximum atomic E-state index is 13.2. The topological polar surface area (TPSA) is 66.4 Å². The summed E-state index contributed by atoms with van der Waals surface area (Å²) in [7, 11) is 1.88. The molecule has 0 spiro atoms. The lowest BCUT2D eigenvalue weighted by atomic mass is 9.84. The molecule has 1 aliphatic rings. The van der Waals surface area contributed by atoms with Gasteiger partial charge in [0.1, 0.15) is 11.4 Å². The Hall–Kier alpha value is -3.06. The number of likely N-dealkylation sites (N-methyl/N-ethyl adjacent to an activating group) is 1. The summed E-state index contributed by atoms with van der Waals surface area (Å²) in [5.74, 6) is 0.238. The van der Waals surface area contributed by atoms with Gasteiger partial charge in [0.2, 0.25) is 0 Å². The Morgan fingerprint density at radius 3 is 2.44 bits per heavy atom. The van der Waals surface area contributed by atoms with E-state index in [1.54, 1.807) is 12.3 Å². The summed E-state index contributed by atoms with van der Waals surface area (Å²) in [4.78, 5) is 38.3. The Balaban J connectivity index is 1.49. The lowest BCUT2D eigenvalue weighted by Gasteiger charge is -2.40. The van der Waals surface area contributed by atoms with Crippen molar-refractivity contribution < 1.29 is 9.59 Å². The second-order valence-corrected chi connectivity index (χ2v) is 9.33. The summed E-state index contributed by atoms with van der Waals surface area (Å²) in [6, 6.07) is 15.7. The largest absolute Gasteiger partial charge is 0.337 e. The number of amides is 2. The average Bonchev–Trinajstić information content (AvgIpc) is 3.29. The molecule has 4 rings (SSSR count). The number of hydrogen-bond donors (Lipinski definition) is 0. The number of aryl methyl sites for hydroxylation is 1. The van der Waals surface area contributed by atoms with Crippen molar-refractivity contribution in [2.24, 2.45) is 5.92 Å². The van der Waals surface area contributed by atoms with Crippen molar-refractivity contribution >= 4 is 23.2 Å². The summed E-state index contributed by atoms with van der Waals surface area (Å²) in [6.07, 6.45) is 4.13. The first-order valence-corrected chi connectivity index (χ1v) is 11.8. The van der Waals surface area contributed by atoms with Gasteiger partial charge in [0.05, 0.1) is 5.01 Å². The molecule has 1 unspecified atom stereocenters. The van der Waals surface area contributed by atoms with Crippen LogP contribution in [0.4, 0.5) is 0 Å². The normalized spacial score (nSPS) is 15.4. The summed E-state index contributed by atoms with van der Waals surface area (Å²) in [6.45, 7) is 3.27. The van der Waals surface area contributed by atoms with Gasteiger partial charge in [-0.05, 0) is 49.8 Å². The van der Waals surface area contributed by atoms with Gasteiger partial charge >= 0.3 is 0 Å². The van der Waals surface area contributed by atoms with Gasteiger partial charge in [-0.25, -0.2) is 4.98 Å².